The summed E-state index contributed by atoms with van der Waals surface area (Å²) in [5.41, 5.74) is 10.1. The van der Waals surface area contributed by atoms with Gasteiger partial charge in [-0.05, 0) is 87.1 Å². The van der Waals surface area contributed by atoms with Gasteiger partial charge in [-0.3, -0.25) is 20.2 Å². The Morgan fingerprint density at radius 3 is 1.85 bits per heavy atom. The highest BCUT2D eigenvalue weighted by Crippen LogP contribution is 2.36. The smallest absolute Gasteiger partial charge is 0.413 e. The van der Waals surface area contributed by atoms with Crippen LogP contribution in [0.1, 0.15) is 85.8 Å². The van der Waals surface area contributed by atoms with E-state index in [0.717, 1.165) is 62.2 Å². The first kappa shape index (κ1) is 78.3. The quantitative estimate of drug-likeness (QED) is 0.0113. The first-order valence-electron chi connectivity index (χ1n) is 32.0. The SMILES string of the molecule is CCN(CC)c1ccc2c(c1)OCC=C2COC(=O)Nc1nc(N)ncc1Cc1cc(CO)c(OCC(=O)NCCCOCCOCCOCCCNC(=O)OCc2cc(CO)c(OCCOCCOCCOCCOCCOCCCCCCCl)cc2[N+](=O)[O-])c(OC)c1. The minimum absolute atomic E-state index is 0.0157. The van der Waals surface area contributed by atoms with Crippen molar-refractivity contribution in [2.45, 2.75) is 78.6 Å². The lowest BCUT2D eigenvalue weighted by Gasteiger charge is -2.24. The fourth-order valence-corrected chi connectivity index (χ4v) is 9.51. The highest BCUT2D eigenvalue weighted by Gasteiger charge is 2.23. The zero-order chi connectivity index (χ0) is 68.1. The molecule has 2 heterocycles. The van der Waals surface area contributed by atoms with Crippen molar-refractivity contribution in [3.63, 3.8) is 0 Å². The van der Waals surface area contributed by atoms with Gasteiger partial charge in [0.25, 0.3) is 11.6 Å². The predicted molar refractivity (Wildman–Crippen MR) is 353 cm³/mol. The van der Waals surface area contributed by atoms with E-state index in [1.165, 1.54) is 25.4 Å². The molecule has 95 heavy (non-hydrogen) atoms. The normalized spacial score (nSPS) is 11.7. The fourth-order valence-electron chi connectivity index (χ4n) is 9.32. The lowest BCUT2D eigenvalue weighted by Crippen LogP contribution is -2.30. The van der Waals surface area contributed by atoms with Crippen LogP contribution in [0, 0.1) is 10.1 Å². The number of nitrogens with two attached hydrogens (primary N) is 1. The predicted octanol–water partition coefficient (Wildman–Crippen LogP) is 6.93. The molecule has 7 N–H and O–H groups in total. The summed E-state index contributed by atoms with van der Waals surface area (Å²) in [6.07, 6.45) is 7.29. The number of nitrogen functional groups attached to an aromatic ring is 1. The van der Waals surface area contributed by atoms with Crippen molar-refractivity contribution in [1.82, 2.24) is 20.6 Å². The summed E-state index contributed by atoms with van der Waals surface area (Å²) in [4.78, 5) is 60.2. The maximum Gasteiger partial charge on any atom is 0.413 e. The van der Waals surface area contributed by atoms with Crippen molar-refractivity contribution >= 4 is 58.4 Å². The summed E-state index contributed by atoms with van der Waals surface area (Å²) in [6.45, 7) is 11.4. The monoisotopic (exact) mass is 1360 g/mol. The molecule has 1 aliphatic rings. The van der Waals surface area contributed by atoms with Crippen molar-refractivity contribution in [1.29, 1.82) is 0 Å². The lowest BCUT2D eigenvalue weighted by atomic mass is 10.0. The number of aliphatic hydroxyl groups excluding tert-OH is 2. The molecule has 528 valence electrons. The Labute approximate surface area is 559 Å². The molecule has 0 radical (unpaired) electrons. The summed E-state index contributed by atoms with van der Waals surface area (Å²) in [5.74, 6) is 1.65. The lowest BCUT2D eigenvalue weighted by molar-refractivity contribution is -0.385. The Hall–Kier alpha value is -7.42. The number of methoxy groups -OCH3 is 1. The highest BCUT2D eigenvalue weighted by atomic mass is 35.5. The van der Waals surface area contributed by atoms with Crippen LogP contribution in [-0.4, -0.2) is 215 Å². The number of unbranched alkanes of at least 4 members (excludes halogenated alkanes) is 3. The number of nitro groups is 1. The third kappa shape index (κ3) is 30.5. The van der Waals surface area contributed by atoms with Gasteiger partial charge in [-0.25, -0.2) is 14.6 Å². The van der Waals surface area contributed by atoms with Crippen LogP contribution in [0.2, 0.25) is 0 Å². The van der Waals surface area contributed by atoms with Crippen molar-refractivity contribution in [2.75, 3.05) is 187 Å². The second-order valence-corrected chi connectivity index (χ2v) is 21.4. The van der Waals surface area contributed by atoms with Crippen LogP contribution in [-0.2, 0) is 78.4 Å². The molecule has 3 amide bonds. The average molecular weight is 1360 g/mol. The number of hydrogen-bond acceptors (Lipinski definition) is 25. The molecule has 0 fully saturated rings. The molecular weight excluding hydrogens is 1260 g/mol. The Morgan fingerprint density at radius 1 is 0.663 bits per heavy atom. The second kappa shape index (κ2) is 47.5. The average Bonchev–Trinajstić information content (AvgIpc) is 0.858. The van der Waals surface area contributed by atoms with E-state index in [1.54, 1.807) is 12.1 Å². The number of aromatic nitrogens is 2. The number of nitro benzene ring substituents is 1. The number of alkyl halides is 1. The number of nitrogens with zero attached hydrogens (tertiary/aromatic N) is 4. The number of ether oxygens (including phenoxy) is 14. The van der Waals surface area contributed by atoms with Crippen LogP contribution >= 0.6 is 11.6 Å². The minimum Gasteiger partial charge on any atom is -0.493 e. The number of rotatable bonds is 53. The van der Waals surface area contributed by atoms with Gasteiger partial charge in [0, 0.05) is 98.5 Å². The number of hydrogen-bond donors (Lipinski definition) is 6. The van der Waals surface area contributed by atoms with E-state index in [4.69, 9.17) is 83.7 Å². The molecule has 0 aliphatic carbocycles. The molecule has 1 aliphatic heterocycles. The van der Waals surface area contributed by atoms with Gasteiger partial charge in [-0.2, -0.15) is 4.98 Å². The molecule has 0 unspecified atom stereocenters. The van der Waals surface area contributed by atoms with Gasteiger partial charge in [-0.1, -0.05) is 12.8 Å². The molecule has 5 rings (SSSR count). The number of carbonyl (C=O) groups excluding carboxylic acids is 3. The molecule has 0 atom stereocenters. The summed E-state index contributed by atoms with van der Waals surface area (Å²) in [6, 6.07) is 11.9. The van der Waals surface area contributed by atoms with E-state index >= 15 is 0 Å². The fraction of sp³-hybridized carbons (Fsp3) is 0.585. The Balaban J connectivity index is 0.855. The molecule has 4 aromatic rings. The number of halogens is 1. The molecule has 29 nitrogen and oxygen atoms in total. The molecule has 0 saturated carbocycles. The van der Waals surface area contributed by atoms with Crippen LogP contribution < -0.4 is 45.5 Å². The summed E-state index contributed by atoms with van der Waals surface area (Å²) >= 11 is 5.68. The number of carbonyl (C=O) groups is 3. The standard InChI is InChI=1S/C65H95ClN8O21/c1-4-73(5-2)54-12-13-55-49(14-21-91-58(55)40-54)45-95-65(79)72-62-50(42-70-63(67)71-62)36-48-37-52(44-76)61(59(38-48)82-3)93-47-60(77)68-16-10-19-84-23-26-86-27-24-85-20-11-17-69-64(78)94-46-53-39-51(43-75)57(41-56(53)74(80)81)92-35-34-90-33-32-89-31-30-88-29-28-87-25-22-83-18-9-7-6-8-15-66/h12-14,37-42,75-76H,4-11,15-36,43-47H2,1-3H3,(H,68,77)(H,69,78)(H3,67,70,71,72,79). The van der Waals surface area contributed by atoms with Gasteiger partial charge in [0.15, 0.2) is 18.1 Å². The largest absolute Gasteiger partial charge is 0.493 e. The van der Waals surface area contributed by atoms with Crippen LogP contribution in [0.5, 0.6) is 23.0 Å². The molecule has 0 spiro atoms. The van der Waals surface area contributed by atoms with E-state index < -0.39 is 42.8 Å². The van der Waals surface area contributed by atoms with E-state index in [0.29, 0.717) is 147 Å². The first-order valence-corrected chi connectivity index (χ1v) is 32.5. The van der Waals surface area contributed by atoms with Crippen LogP contribution in [0.4, 0.5) is 32.7 Å². The van der Waals surface area contributed by atoms with Gasteiger partial charge < -0.3 is 97.8 Å². The van der Waals surface area contributed by atoms with Crippen molar-refractivity contribution in [3.05, 3.63) is 98.2 Å². The zero-order valence-electron chi connectivity index (χ0n) is 54.8. The van der Waals surface area contributed by atoms with Crippen LogP contribution in [0.3, 0.4) is 0 Å². The van der Waals surface area contributed by atoms with Gasteiger partial charge in [-0.15, -0.1) is 11.6 Å². The zero-order valence-corrected chi connectivity index (χ0v) is 55.6. The Bertz CT molecular complexity index is 2900. The summed E-state index contributed by atoms with van der Waals surface area (Å²) in [7, 11) is 1.44. The van der Waals surface area contributed by atoms with Gasteiger partial charge in [0.1, 0.15) is 43.7 Å². The Kier molecular flexibility index (Phi) is 39.1. The van der Waals surface area contributed by atoms with Crippen molar-refractivity contribution in [2.24, 2.45) is 0 Å². The molecule has 3 aromatic carbocycles. The van der Waals surface area contributed by atoms with Gasteiger partial charge >= 0.3 is 12.2 Å². The number of fused-ring (bicyclic) bond motifs is 1. The number of benzene rings is 3. The first-order chi connectivity index (χ1) is 46.4. The minimum atomic E-state index is -0.785. The van der Waals surface area contributed by atoms with Crippen molar-refractivity contribution in [3.8, 4) is 23.0 Å². The molecule has 0 saturated heterocycles. The third-order valence-corrected chi connectivity index (χ3v) is 14.5. The van der Waals surface area contributed by atoms with E-state index in [2.05, 4.69) is 44.7 Å². The highest BCUT2D eigenvalue weighted by molar-refractivity contribution is 6.17. The van der Waals surface area contributed by atoms with E-state index in [-0.39, 0.29) is 85.2 Å². The van der Waals surface area contributed by atoms with E-state index in [9.17, 15) is 34.7 Å². The van der Waals surface area contributed by atoms with E-state index in [1.807, 2.05) is 24.3 Å². The third-order valence-electron chi connectivity index (χ3n) is 14.2. The number of nitrogens with one attached hydrogen (secondary N) is 3. The molecule has 0 bridgehead atoms. The number of aliphatic hydroxyl groups is 2. The maximum atomic E-state index is 13.2. The summed E-state index contributed by atoms with van der Waals surface area (Å²) < 4.78 is 78.2. The number of alkyl carbamates (subject to hydrolysis) is 1. The van der Waals surface area contributed by atoms with Crippen molar-refractivity contribution < 1.29 is 95.8 Å². The van der Waals surface area contributed by atoms with Gasteiger partial charge in [0.2, 0.25) is 5.95 Å². The second-order valence-electron chi connectivity index (χ2n) is 21.0. The molecule has 1 aromatic heterocycles. The van der Waals surface area contributed by atoms with Crippen LogP contribution in [0.25, 0.3) is 5.57 Å². The Morgan fingerprint density at radius 2 is 1.25 bits per heavy atom. The summed E-state index contributed by atoms with van der Waals surface area (Å²) in [5, 5.41) is 40.3. The van der Waals surface area contributed by atoms with Gasteiger partial charge in [0.05, 0.1) is 123 Å². The molecular formula is C65H95ClN8O21. The molecule has 30 heteroatoms. The topological polar surface area (TPSA) is 355 Å². The number of amides is 3. The van der Waals surface area contributed by atoms with Crippen LogP contribution in [0.15, 0.2) is 54.7 Å². The number of anilines is 3. The maximum absolute atomic E-state index is 13.2.